The minimum Gasteiger partial charge on any atom is -0.550 e. The van der Waals surface area contributed by atoms with Gasteiger partial charge in [0.05, 0.1) is 0 Å². The minimum absolute atomic E-state index is 0.0458. The van der Waals surface area contributed by atoms with Crippen LogP contribution in [0.1, 0.15) is 11.4 Å². The lowest BCUT2D eigenvalue weighted by molar-refractivity contribution is -0.672. The van der Waals surface area contributed by atoms with Crippen LogP contribution < -0.4 is 9.67 Å². The van der Waals surface area contributed by atoms with E-state index in [4.69, 9.17) is 0 Å². The lowest BCUT2D eigenvalue weighted by Crippen LogP contribution is -2.38. The monoisotopic (exact) mass is 271 g/mol. The highest BCUT2D eigenvalue weighted by molar-refractivity contribution is 7.19. The molecular formula is C15H13NO2S. The van der Waals surface area contributed by atoms with Gasteiger partial charge in [-0.1, -0.05) is 35.6 Å². The SMILES string of the molecule is Cc1sc2c3ccccc3ccc2[n+]1CCC(=O)[O-]. The van der Waals surface area contributed by atoms with Gasteiger partial charge in [0, 0.05) is 30.8 Å². The summed E-state index contributed by atoms with van der Waals surface area (Å²) in [6.07, 6.45) is 0.0458. The zero-order valence-corrected chi connectivity index (χ0v) is 11.4. The number of aryl methyl sites for hydroxylation is 2. The summed E-state index contributed by atoms with van der Waals surface area (Å²) in [6.45, 7) is 2.49. The van der Waals surface area contributed by atoms with Gasteiger partial charge in [-0.05, 0) is 11.5 Å². The highest BCUT2D eigenvalue weighted by Crippen LogP contribution is 2.28. The standard InChI is InChI=1S/C15H13NO2S/c1-10-16(9-8-14(17)18)13-7-6-11-4-2-3-5-12(11)15(13)19-10/h2-7H,8-9H2,1H3. The molecule has 0 atom stereocenters. The number of carbonyl (C=O) groups is 1. The van der Waals surface area contributed by atoms with Gasteiger partial charge in [0.1, 0.15) is 4.70 Å². The van der Waals surface area contributed by atoms with E-state index in [0.717, 1.165) is 10.5 Å². The van der Waals surface area contributed by atoms with Crippen LogP contribution in [0.15, 0.2) is 36.4 Å². The van der Waals surface area contributed by atoms with Crippen molar-refractivity contribution in [2.75, 3.05) is 0 Å². The van der Waals surface area contributed by atoms with Crippen molar-refractivity contribution in [2.24, 2.45) is 0 Å². The lowest BCUT2D eigenvalue weighted by Gasteiger charge is -1.99. The Balaban J connectivity index is 2.21. The molecule has 0 spiro atoms. The van der Waals surface area contributed by atoms with Crippen LogP contribution in [0.25, 0.3) is 21.0 Å². The topological polar surface area (TPSA) is 44.0 Å². The molecule has 0 aliphatic carbocycles. The lowest BCUT2D eigenvalue weighted by atomic mass is 10.1. The van der Waals surface area contributed by atoms with Crippen molar-refractivity contribution in [1.82, 2.24) is 0 Å². The molecule has 0 fully saturated rings. The Morgan fingerprint density at radius 3 is 2.84 bits per heavy atom. The first-order chi connectivity index (χ1) is 9.16. The summed E-state index contributed by atoms with van der Waals surface area (Å²) in [5.41, 5.74) is 1.10. The molecule has 0 N–H and O–H groups in total. The number of aliphatic carboxylic acids is 1. The molecule has 1 aromatic heterocycles. The van der Waals surface area contributed by atoms with E-state index in [1.165, 1.54) is 15.5 Å². The Kier molecular flexibility index (Phi) is 2.95. The summed E-state index contributed by atoms with van der Waals surface area (Å²) < 4.78 is 3.27. The van der Waals surface area contributed by atoms with Crippen LogP contribution in [0, 0.1) is 6.92 Å². The average molecular weight is 271 g/mol. The zero-order valence-electron chi connectivity index (χ0n) is 10.6. The molecular weight excluding hydrogens is 258 g/mol. The van der Waals surface area contributed by atoms with Crippen LogP contribution >= 0.6 is 11.3 Å². The molecule has 0 amide bonds. The normalized spacial score (nSPS) is 11.2. The number of hydrogen-bond donors (Lipinski definition) is 0. The number of carboxylic acids is 1. The summed E-state index contributed by atoms with van der Waals surface area (Å²) in [5, 5.41) is 14.2. The Hall–Kier alpha value is -1.94. The quantitative estimate of drug-likeness (QED) is 0.682. The zero-order chi connectivity index (χ0) is 13.4. The van der Waals surface area contributed by atoms with E-state index in [-0.39, 0.29) is 6.42 Å². The predicted octanol–water partition coefficient (Wildman–Crippen LogP) is 1.79. The summed E-state index contributed by atoms with van der Waals surface area (Å²) in [7, 11) is 0. The van der Waals surface area contributed by atoms with E-state index in [0.29, 0.717) is 6.54 Å². The van der Waals surface area contributed by atoms with Crippen molar-refractivity contribution in [1.29, 1.82) is 0 Å². The van der Waals surface area contributed by atoms with Gasteiger partial charge in [0.15, 0.2) is 6.54 Å². The van der Waals surface area contributed by atoms with E-state index in [1.807, 2.05) is 19.1 Å². The van der Waals surface area contributed by atoms with Gasteiger partial charge >= 0.3 is 0 Å². The maximum atomic E-state index is 10.6. The highest BCUT2D eigenvalue weighted by Gasteiger charge is 2.18. The van der Waals surface area contributed by atoms with Gasteiger partial charge in [0.25, 0.3) is 0 Å². The average Bonchev–Trinajstić information content (AvgIpc) is 2.72. The van der Waals surface area contributed by atoms with E-state index in [9.17, 15) is 9.90 Å². The largest absolute Gasteiger partial charge is 0.550 e. The second kappa shape index (κ2) is 4.63. The molecule has 0 radical (unpaired) electrons. The van der Waals surface area contributed by atoms with Crippen LogP contribution in [-0.4, -0.2) is 5.97 Å². The Bertz CT molecular complexity index is 776. The smallest absolute Gasteiger partial charge is 0.235 e. The van der Waals surface area contributed by atoms with Crippen molar-refractivity contribution < 1.29 is 14.5 Å². The van der Waals surface area contributed by atoms with Crippen molar-refractivity contribution in [3.05, 3.63) is 41.4 Å². The maximum Gasteiger partial charge on any atom is 0.235 e. The third kappa shape index (κ3) is 2.08. The van der Waals surface area contributed by atoms with Crippen molar-refractivity contribution in [3.63, 3.8) is 0 Å². The number of thiazole rings is 1. The van der Waals surface area contributed by atoms with Crippen LogP contribution in [0.4, 0.5) is 0 Å². The first kappa shape index (κ1) is 12.1. The summed E-state index contributed by atoms with van der Waals surface area (Å²) >= 11 is 1.71. The molecule has 3 rings (SSSR count). The maximum absolute atomic E-state index is 10.6. The number of aromatic nitrogens is 1. The molecule has 3 nitrogen and oxygen atoms in total. The number of hydrogen-bond acceptors (Lipinski definition) is 3. The highest BCUT2D eigenvalue weighted by atomic mass is 32.1. The number of benzene rings is 2. The molecule has 4 heteroatoms. The third-order valence-electron chi connectivity index (χ3n) is 3.32. The number of fused-ring (bicyclic) bond motifs is 3. The van der Waals surface area contributed by atoms with Crippen LogP contribution in [0.5, 0.6) is 0 Å². The van der Waals surface area contributed by atoms with E-state index < -0.39 is 5.97 Å². The minimum atomic E-state index is -1.01. The van der Waals surface area contributed by atoms with Crippen LogP contribution in [0.2, 0.25) is 0 Å². The summed E-state index contributed by atoms with van der Waals surface area (Å²) in [4.78, 5) is 10.6. The second-order valence-corrected chi connectivity index (χ2v) is 5.73. The van der Waals surface area contributed by atoms with Gasteiger partial charge in [-0.2, -0.15) is 4.57 Å². The number of carbonyl (C=O) groups excluding carboxylic acids is 1. The van der Waals surface area contributed by atoms with E-state index >= 15 is 0 Å². The van der Waals surface area contributed by atoms with Crippen molar-refractivity contribution in [3.8, 4) is 0 Å². The molecule has 96 valence electrons. The fourth-order valence-corrected chi connectivity index (χ4v) is 3.58. The van der Waals surface area contributed by atoms with Crippen molar-refractivity contribution in [2.45, 2.75) is 19.9 Å². The molecule has 0 unspecified atom stereocenters. The van der Waals surface area contributed by atoms with Crippen molar-refractivity contribution >= 4 is 38.3 Å². The predicted molar refractivity (Wildman–Crippen MR) is 73.9 cm³/mol. The Morgan fingerprint density at radius 1 is 1.26 bits per heavy atom. The van der Waals surface area contributed by atoms with E-state index in [1.54, 1.807) is 11.3 Å². The summed E-state index contributed by atoms with van der Waals surface area (Å²) in [5.74, 6) is -1.01. The van der Waals surface area contributed by atoms with Gasteiger partial charge in [-0.3, -0.25) is 0 Å². The van der Waals surface area contributed by atoms with E-state index in [2.05, 4.69) is 28.8 Å². The molecule has 1 heterocycles. The molecule has 0 aliphatic heterocycles. The molecule has 0 bridgehead atoms. The number of carboxylic acid groups (broad SMARTS) is 1. The Labute approximate surface area is 114 Å². The molecule has 0 saturated heterocycles. The molecule has 3 aromatic rings. The fourth-order valence-electron chi connectivity index (χ4n) is 2.40. The first-order valence-corrected chi connectivity index (χ1v) is 6.99. The third-order valence-corrected chi connectivity index (χ3v) is 4.47. The first-order valence-electron chi connectivity index (χ1n) is 6.17. The fraction of sp³-hybridized carbons (Fsp3) is 0.200. The van der Waals surface area contributed by atoms with Crippen LogP contribution in [-0.2, 0) is 11.3 Å². The number of rotatable bonds is 3. The number of nitrogens with zero attached hydrogens (tertiary/aromatic N) is 1. The van der Waals surface area contributed by atoms with Crippen LogP contribution in [0.3, 0.4) is 0 Å². The summed E-state index contributed by atoms with van der Waals surface area (Å²) in [6, 6.07) is 12.4. The Morgan fingerprint density at radius 2 is 2.05 bits per heavy atom. The van der Waals surface area contributed by atoms with Gasteiger partial charge in [-0.15, -0.1) is 0 Å². The molecule has 0 saturated carbocycles. The molecule has 19 heavy (non-hydrogen) atoms. The van der Waals surface area contributed by atoms with Gasteiger partial charge in [0.2, 0.25) is 10.5 Å². The second-order valence-electron chi connectivity index (χ2n) is 4.53. The van der Waals surface area contributed by atoms with Gasteiger partial charge < -0.3 is 9.90 Å². The van der Waals surface area contributed by atoms with Gasteiger partial charge in [-0.25, -0.2) is 0 Å². The molecule has 0 aliphatic rings. The molecule has 2 aromatic carbocycles.